The Kier molecular flexibility index (Phi) is 4.23. The summed E-state index contributed by atoms with van der Waals surface area (Å²) in [6.45, 7) is 7.32. The van der Waals surface area contributed by atoms with Crippen molar-refractivity contribution in [3.05, 3.63) is 29.8 Å². The highest BCUT2D eigenvalue weighted by atomic mass is 19.1. The van der Waals surface area contributed by atoms with Crippen molar-refractivity contribution in [2.24, 2.45) is 0 Å². The second-order valence-electron chi connectivity index (χ2n) is 5.79. The van der Waals surface area contributed by atoms with Crippen LogP contribution in [0.4, 0.5) is 9.18 Å². The van der Waals surface area contributed by atoms with Gasteiger partial charge in [-0.15, -0.1) is 0 Å². The molecule has 0 radical (unpaired) electrons. The molecular formula is C14H20FN3O2. The molecule has 1 unspecified atom stereocenters. The van der Waals surface area contributed by atoms with Crippen LogP contribution < -0.4 is 5.32 Å². The highest BCUT2D eigenvalue weighted by molar-refractivity contribution is 5.69. The first-order valence-corrected chi connectivity index (χ1v) is 6.68. The number of nitrogens with zero attached hydrogens (tertiary/aromatic N) is 2. The summed E-state index contributed by atoms with van der Waals surface area (Å²) >= 11 is 0. The zero-order valence-electron chi connectivity index (χ0n) is 12.0. The lowest BCUT2D eigenvalue weighted by atomic mass is 10.1. The summed E-state index contributed by atoms with van der Waals surface area (Å²) in [6.07, 6.45) is 0.798. The molecule has 1 aliphatic rings. The maximum atomic E-state index is 12.9. The highest BCUT2D eigenvalue weighted by Gasteiger charge is 2.32. The van der Waals surface area contributed by atoms with Gasteiger partial charge in [-0.05, 0) is 32.9 Å². The van der Waals surface area contributed by atoms with Gasteiger partial charge in [-0.1, -0.05) is 0 Å². The molecule has 0 spiro atoms. The van der Waals surface area contributed by atoms with Crippen LogP contribution >= 0.6 is 0 Å². The van der Waals surface area contributed by atoms with E-state index in [1.54, 1.807) is 11.0 Å². The van der Waals surface area contributed by atoms with Gasteiger partial charge in [0.1, 0.15) is 11.4 Å². The lowest BCUT2D eigenvalue weighted by molar-refractivity contribution is 0.0113. The number of hydrogen-bond acceptors (Lipinski definition) is 4. The summed E-state index contributed by atoms with van der Waals surface area (Å²) in [7, 11) is 0. The first-order valence-electron chi connectivity index (χ1n) is 6.68. The molecule has 5 nitrogen and oxygen atoms in total. The molecular weight excluding hydrogens is 261 g/mol. The molecule has 1 aromatic heterocycles. The lowest BCUT2D eigenvalue weighted by Gasteiger charge is -2.36. The van der Waals surface area contributed by atoms with Crippen molar-refractivity contribution < 1.29 is 13.9 Å². The van der Waals surface area contributed by atoms with Gasteiger partial charge < -0.3 is 10.1 Å². The summed E-state index contributed by atoms with van der Waals surface area (Å²) in [4.78, 5) is 17.9. The molecule has 1 saturated heterocycles. The average Bonchev–Trinajstić information content (AvgIpc) is 2.38. The molecule has 110 valence electrons. The van der Waals surface area contributed by atoms with E-state index < -0.39 is 5.60 Å². The number of carbonyl (C=O) groups excluding carboxylic acids is 1. The zero-order valence-corrected chi connectivity index (χ0v) is 12.0. The minimum absolute atomic E-state index is 0.237. The molecule has 1 aliphatic heterocycles. The molecule has 0 aliphatic carbocycles. The van der Waals surface area contributed by atoms with E-state index in [0.29, 0.717) is 25.3 Å². The minimum Gasteiger partial charge on any atom is -0.444 e. The third-order valence-corrected chi connectivity index (χ3v) is 2.96. The zero-order chi connectivity index (χ0) is 14.8. The maximum Gasteiger partial charge on any atom is 0.410 e. The van der Waals surface area contributed by atoms with Gasteiger partial charge in [0, 0.05) is 19.6 Å². The molecule has 1 N–H and O–H groups in total. The summed E-state index contributed by atoms with van der Waals surface area (Å²) in [6, 6.07) is 2.72. The van der Waals surface area contributed by atoms with E-state index in [9.17, 15) is 9.18 Å². The lowest BCUT2D eigenvalue weighted by Crippen LogP contribution is -2.50. The smallest absolute Gasteiger partial charge is 0.410 e. The van der Waals surface area contributed by atoms with Crippen molar-refractivity contribution in [1.82, 2.24) is 15.2 Å². The standard InChI is InChI=1S/C14H20FN3O2/c1-14(2,3)20-13(19)18-7-6-16-9-12(18)11-5-4-10(15)8-17-11/h4-5,8,12,16H,6-7,9H2,1-3H3. The van der Waals surface area contributed by atoms with Crippen LogP contribution in [0.25, 0.3) is 0 Å². The van der Waals surface area contributed by atoms with E-state index in [4.69, 9.17) is 4.74 Å². The average molecular weight is 281 g/mol. The fourth-order valence-corrected chi connectivity index (χ4v) is 2.09. The number of halogens is 1. The predicted octanol–water partition coefficient (Wildman–Crippen LogP) is 2.10. The van der Waals surface area contributed by atoms with Crippen LogP contribution in [0.5, 0.6) is 0 Å². The molecule has 0 bridgehead atoms. The van der Waals surface area contributed by atoms with Crippen LogP contribution in [-0.4, -0.2) is 41.2 Å². The molecule has 2 heterocycles. The van der Waals surface area contributed by atoms with Gasteiger partial charge in [0.25, 0.3) is 0 Å². The monoisotopic (exact) mass is 281 g/mol. The number of nitrogens with one attached hydrogen (secondary N) is 1. The third kappa shape index (κ3) is 3.66. The van der Waals surface area contributed by atoms with Gasteiger partial charge >= 0.3 is 6.09 Å². The fourth-order valence-electron chi connectivity index (χ4n) is 2.09. The molecule has 1 amide bonds. The molecule has 6 heteroatoms. The van der Waals surface area contributed by atoms with Crippen LogP contribution in [-0.2, 0) is 4.74 Å². The molecule has 0 aromatic carbocycles. The summed E-state index contributed by atoms with van der Waals surface area (Å²) in [5.41, 5.74) is 0.118. The van der Waals surface area contributed by atoms with Crippen molar-refractivity contribution in [1.29, 1.82) is 0 Å². The van der Waals surface area contributed by atoms with Crippen molar-refractivity contribution >= 4 is 6.09 Å². The second kappa shape index (κ2) is 5.75. The van der Waals surface area contributed by atoms with Gasteiger partial charge in [0.2, 0.25) is 0 Å². The fraction of sp³-hybridized carbons (Fsp3) is 0.571. The number of amides is 1. The number of ether oxygens (including phenoxy) is 1. The van der Waals surface area contributed by atoms with Gasteiger partial charge in [0.05, 0.1) is 17.9 Å². The van der Waals surface area contributed by atoms with E-state index in [1.807, 2.05) is 20.8 Å². The van der Waals surface area contributed by atoms with Crippen molar-refractivity contribution in [3.8, 4) is 0 Å². The molecule has 2 rings (SSSR count). The van der Waals surface area contributed by atoms with Crippen molar-refractivity contribution in [2.45, 2.75) is 32.4 Å². The minimum atomic E-state index is -0.539. The third-order valence-electron chi connectivity index (χ3n) is 2.96. The number of carbonyl (C=O) groups is 1. The molecule has 20 heavy (non-hydrogen) atoms. The van der Waals surface area contributed by atoms with Gasteiger partial charge in [-0.25, -0.2) is 9.18 Å². The predicted molar refractivity (Wildman–Crippen MR) is 72.7 cm³/mol. The topological polar surface area (TPSA) is 54.5 Å². The van der Waals surface area contributed by atoms with E-state index in [0.717, 1.165) is 6.20 Å². The SMILES string of the molecule is CC(C)(C)OC(=O)N1CCNCC1c1ccc(F)cn1. The summed E-state index contributed by atoms with van der Waals surface area (Å²) in [5, 5.41) is 3.21. The highest BCUT2D eigenvalue weighted by Crippen LogP contribution is 2.23. The van der Waals surface area contributed by atoms with Crippen LogP contribution in [0.15, 0.2) is 18.3 Å². The largest absolute Gasteiger partial charge is 0.444 e. The number of aromatic nitrogens is 1. The van der Waals surface area contributed by atoms with Crippen molar-refractivity contribution in [3.63, 3.8) is 0 Å². The quantitative estimate of drug-likeness (QED) is 0.856. The Morgan fingerprint density at radius 3 is 2.85 bits per heavy atom. The Balaban J connectivity index is 2.16. The number of piperazine rings is 1. The molecule has 1 atom stereocenters. The van der Waals surface area contributed by atoms with E-state index in [1.165, 1.54) is 6.07 Å². The van der Waals surface area contributed by atoms with Gasteiger partial charge in [0.15, 0.2) is 0 Å². The van der Waals surface area contributed by atoms with Crippen LogP contribution in [0, 0.1) is 5.82 Å². The summed E-state index contributed by atoms with van der Waals surface area (Å²) in [5.74, 6) is -0.388. The normalized spacial score (nSPS) is 19.8. The molecule has 1 fully saturated rings. The second-order valence-corrected chi connectivity index (χ2v) is 5.79. The first kappa shape index (κ1) is 14.7. The van der Waals surface area contributed by atoms with Gasteiger partial charge in [-0.3, -0.25) is 9.88 Å². The van der Waals surface area contributed by atoms with E-state index in [-0.39, 0.29) is 18.0 Å². The van der Waals surface area contributed by atoms with E-state index >= 15 is 0 Å². The first-order chi connectivity index (χ1) is 9.37. The number of pyridine rings is 1. The number of rotatable bonds is 1. The van der Waals surface area contributed by atoms with Crippen LogP contribution in [0.3, 0.4) is 0 Å². The van der Waals surface area contributed by atoms with E-state index in [2.05, 4.69) is 10.3 Å². The Morgan fingerprint density at radius 1 is 1.50 bits per heavy atom. The summed E-state index contributed by atoms with van der Waals surface area (Å²) < 4.78 is 18.4. The van der Waals surface area contributed by atoms with Crippen molar-refractivity contribution in [2.75, 3.05) is 19.6 Å². The van der Waals surface area contributed by atoms with Crippen LogP contribution in [0.2, 0.25) is 0 Å². The maximum absolute atomic E-state index is 12.9. The van der Waals surface area contributed by atoms with Gasteiger partial charge in [-0.2, -0.15) is 0 Å². The Bertz CT molecular complexity index is 470. The Morgan fingerprint density at radius 2 is 2.25 bits per heavy atom. The Labute approximate surface area is 118 Å². The molecule has 1 aromatic rings. The Hall–Kier alpha value is -1.69. The number of hydrogen-bond donors (Lipinski definition) is 1. The van der Waals surface area contributed by atoms with Crippen LogP contribution in [0.1, 0.15) is 32.5 Å². The molecule has 0 saturated carbocycles.